The van der Waals surface area contributed by atoms with Gasteiger partial charge in [-0.15, -0.1) is 0 Å². The molecule has 0 saturated carbocycles. The number of anilines is 1. The molecule has 0 spiro atoms. The Morgan fingerprint density at radius 1 is 0.703 bits per heavy atom. The highest BCUT2D eigenvalue weighted by atomic mass is 32.1. The molecule has 0 radical (unpaired) electrons. The molecule has 0 unspecified atom stereocenters. The number of nitrogens with one attached hydrogen (secondary N) is 1. The first-order valence-electron chi connectivity index (χ1n) is 11.7. The molecule has 14 heteroatoms. The van der Waals surface area contributed by atoms with Crippen molar-refractivity contribution in [2.24, 2.45) is 4.99 Å². The third-order valence-electron chi connectivity index (χ3n) is 5.70. The van der Waals surface area contributed by atoms with Crippen LogP contribution in [0.3, 0.4) is 0 Å². The van der Waals surface area contributed by atoms with Crippen LogP contribution in [0.15, 0.2) is 29.3 Å². The van der Waals surface area contributed by atoms with Gasteiger partial charge in [0.2, 0.25) is 5.91 Å². The summed E-state index contributed by atoms with van der Waals surface area (Å²) in [5.41, 5.74) is 1.18. The van der Waals surface area contributed by atoms with Crippen LogP contribution in [-0.2, 0) is 19.2 Å². The molecule has 1 aliphatic rings. The number of hydrogen-bond donors (Lipinski definition) is 4. The first-order chi connectivity index (χ1) is 17.6. The van der Waals surface area contributed by atoms with Crippen LogP contribution < -0.4 is 5.32 Å². The van der Waals surface area contributed by atoms with E-state index in [1.165, 1.54) is 0 Å². The molecular formula is C23H32N6O7S. The van der Waals surface area contributed by atoms with Gasteiger partial charge < -0.3 is 20.6 Å². The van der Waals surface area contributed by atoms with E-state index in [-0.39, 0.29) is 32.1 Å². The molecule has 4 N–H and O–H groups in total. The Labute approximate surface area is 220 Å². The number of carboxylic acid groups (broad SMARTS) is 3. The second-order valence-electron chi connectivity index (χ2n) is 8.58. The zero-order chi connectivity index (χ0) is 27.2. The standard InChI is InChI=1S/C23H32N6O7S/c30-20(25-19-3-1-18(2-4-19)24-17-37)13-26-5-7-27(14-21(31)32)9-11-29(16-23(35)36)12-10-28(8-6-26)15-22(33)34/h1-4H,5-16H2,(H,25,30)(H,31,32)(H,33,34)(H,35,36). The molecule has 1 heterocycles. The summed E-state index contributed by atoms with van der Waals surface area (Å²) in [6.45, 7) is 2.00. The Bertz CT molecular complexity index is 954. The van der Waals surface area contributed by atoms with Crippen molar-refractivity contribution in [2.75, 3.05) is 83.9 Å². The monoisotopic (exact) mass is 536 g/mol. The van der Waals surface area contributed by atoms with Gasteiger partial charge in [0.1, 0.15) is 0 Å². The van der Waals surface area contributed by atoms with Crippen LogP contribution in [0.25, 0.3) is 0 Å². The van der Waals surface area contributed by atoms with Crippen LogP contribution in [0.4, 0.5) is 11.4 Å². The van der Waals surface area contributed by atoms with Crippen molar-refractivity contribution in [1.29, 1.82) is 0 Å². The number of aliphatic carboxylic acids is 3. The second kappa shape index (κ2) is 15.8. The lowest BCUT2D eigenvalue weighted by Gasteiger charge is -2.32. The quantitative estimate of drug-likeness (QED) is 0.231. The van der Waals surface area contributed by atoms with Crippen molar-refractivity contribution in [2.45, 2.75) is 0 Å². The summed E-state index contributed by atoms with van der Waals surface area (Å²) in [5, 5.41) is 32.9. The van der Waals surface area contributed by atoms with E-state index in [4.69, 9.17) is 0 Å². The average Bonchev–Trinajstić information content (AvgIpc) is 2.81. The molecule has 1 saturated heterocycles. The number of hydrogen-bond acceptors (Lipinski definition) is 10. The van der Waals surface area contributed by atoms with E-state index in [0.29, 0.717) is 63.7 Å². The molecule has 1 amide bonds. The first kappa shape index (κ1) is 30.0. The number of carbonyl (C=O) groups is 4. The minimum absolute atomic E-state index is 0.0206. The van der Waals surface area contributed by atoms with Gasteiger partial charge in [-0.3, -0.25) is 38.8 Å². The largest absolute Gasteiger partial charge is 0.480 e. The average molecular weight is 537 g/mol. The van der Waals surface area contributed by atoms with Gasteiger partial charge in [-0.2, -0.15) is 4.99 Å². The van der Waals surface area contributed by atoms with Crippen molar-refractivity contribution in [3.63, 3.8) is 0 Å². The number of isothiocyanates is 1. The zero-order valence-corrected chi connectivity index (χ0v) is 21.2. The summed E-state index contributed by atoms with van der Waals surface area (Å²) < 4.78 is 0. The van der Waals surface area contributed by atoms with Crippen molar-refractivity contribution < 1.29 is 34.5 Å². The fourth-order valence-corrected chi connectivity index (χ4v) is 3.97. The lowest BCUT2D eigenvalue weighted by molar-refractivity contribution is -0.140. The maximum Gasteiger partial charge on any atom is 0.317 e. The van der Waals surface area contributed by atoms with Gasteiger partial charge in [0.05, 0.1) is 37.0 Å². The molecule has 1 aliphatic heterocycles. The first-order valence-corrected chi connectivity index (χ1v) is 12.1. The number of thiocarbonyl (C=S) groups is 1. The Morgan fingerprint density at radius 3 is 1.38 bits per heavy atom. The number of carbonyl (C=O) groups excluding carboxylic acids is 1. The Kier molecular flexibility index (Phi) is 12.8. The SMILES string of the molecule is O=C(O)CN1CCN(CC(=O)O)CCN(CC(=O)Nc2ccc(N=C=S)cc2)CCN(CC(=O)O)CC1. The molecular weight excluding hydrogens is 504 g/mol. The highest BCUT2D eigenvalue weighted by molar-refractivity contribution is 7.78. The maximum absolute atomic E-state index is 12.7. The number of amides is 1. The van der Waals surface area contributed by atoms with E-state index in [1.54, 1.807) is 39.0 Å². The van der Waals surface area contributed by atoms with Crippen LogP contribution in [0, 0.1) is 0 Å². The van der Waals surface area contributed by atoms with Crippen LogP contribution >= 0.6 is 12.2 Å². The summed E-state index contributed by atoms with van der Waals surface area (Å²) in [4.78, 5) is 57.5. The van der Waals surface area contributed by atoms with Gasteiger partial charge in [0, 0.05) is 58.0 Å². The Morgan fingerprint density at radius 2 is 1.05 bits per heavy atom. The highest BCUT2D eigenvalue weighted by Gasteiger charge is 2.21. The lowest BCUT2D eigenvalue weighted by Crippen LogP contribution is -2.49. The van der Waals surface area contributed by atoms with Gasteiger partial charge in [-0.1, -0.05) is 0 Å². The number of rotatable bonds is 10. The molecule has 1 aromatic carbocycles. The normalized spacial score (nSPS) is 17.1. The van der Waals surface area contributed by atoms with Crippen LogP contribution in [0.5, 0.6) is 0 Å². The number of benzene rings is 1. The summed E-state index contributed by atoms with van der Waals surface area (Å²) in [6.07, 6.45) is 0. The van der Waals surface area contributed by atoms with E-state index in [1.807, 2.05) is 4.90 Å². The molecule has 1 fully saturated rings. The van der Waals surface area contributed by atoms with Gasteiger partial charge >= 0.3 is 17.9 Å². The predicted octanol–water partition coefficient (Wildman–Crippen LogP) is -0.165. The zero-order valence-electron chi connectivity index (χ0n) is 20.4. The third-order valence-corrected chi connectivity index (χ3v) is 5.79. The molecule has 0 bridgehead atoms. The fourth-order valence-electron chi connectivity index (χ4n) is 3.86. The molecule has 0 aromatic heterocycles. The van der Waals surface area contributed by atoms with Crippen molar-refractivity contribution in [1.82, 2.24) is 19.6 Å². The minimum atomic E-state index is -1.01. The number of nitrogens with zero attached hydrogens (tertiary/aromatic N) is 5. The topological polar surface area (TPSA) is 166 Å². The second-order valence-corrected chi connectivity index (χ2v) is 8.77. The van der Waals surface area contributed by atoms with Gasteiger partial charge in [-0.25, -0.2) is 0 Å². The number of aliphatic imine (C=N–C) groups is 1. The number of carboxylic acids is 3. The summed E-state index contributed by atoms with van der Waals surface area (Å²) >= 11 is 4.58. The third kappa shape index (κ3) is 12.5. The van der Waals surface area contributed by atoms with Crippen molar-refractivity contribution >= 4 is 52.6 Å². The Hall–Kier alpha value is -3.26. The predicted molar refractivity (Wildman–Crippen MR) is 138 cm³/mol. The molecule has 0 atom stereocenters. The van der Waals surface area contributed by atoms with Crippen LogP contribution in [-0.4, -0.2) is 142 Å². The van der Waals surface area contributed by atoms with Gasteiger partial charge in [0.15, 0.2) is 0 Å². The highest BCUT2D eigenvalue weighted by Crippen LogP contribution is 2.15. The molecule has 202 valence electrons. The van der Waals surface area contributed by atoms with E-state index < -0.39 is 17.9 Å². The maximum atomic E-state index is 12.7. The summed E-state index contributed by atoms with van der Waals surface area (Å²) in [5.74, 6) is -3.30. The minimum Gasteiger partial charge on any atom is -0.480 e. The molecule has 0 aliphatic carbocycles. The Balaban J connectivity index is 2.11. The van der Waals surface area contributed by atoms with E-state index >= 15 is 0 Å². The fraction of sp³-hybridized carbons (Fsp3) is 0.522. The molecule has 1 aromatic rings. The lowest BCUT2D eigenvalue weighted by atomic mass is 10.3. The van der Waals surface area contributed by atoms with E-state index in [9.17, 15) is 34.5 Å². The smallest absolute Gasteiger partial charge is 0.317 e. The molecule has 2 rings (SSSR count). The summed E-state index contributed by atoms with van der Waals surface area (Å²) in [7, 11) is 0. The van der Waals surface area contributed by atoms with Crippen LogP contribution in [0.2, 0.25) is 0 Å². The molecule has 37 heavy (non-hydrogen) atoms. The van der Waals surface area contributed by atoms with E-state index in [0.717, 1.165) is 0 Å². The van der Waals surface area contributed by atoms with Crippen molar-refractivity contribution in [3.8, 4) is 0 Å². The van der Waals surface area contributed by atoms with Gasteiger partial charge in [-0.05, 0) is 36.5 Å². The van der Waals surface area contributed by atoms with Crippen molar-refractivity contribution in [3.05, 3.63) is 24.3 Å². The summed E-state index contributed by atoms with van der Waals surface area (Å²) in [6, 6.07) is 6.75. The molecule has 13 nitrogen and oxygen atoms in total. The van der Waals surface area contributed by atoms with E-state index in [2.05, 4.69) is 27.7 Å². The van der Waals surface area contributed by atoms with Crippen LogP contribution in [0.1, 0.15) is 0 Å². The van der Waals surface area contributed by atoms with Gasteiger partial charge in [0.25, 0.3) is 0 Å².